The summed E-state index contributed by atoms with van der Waals surface area (Å²) in [5.41, 5.74) is 6.44. The van der Waals surface area contributed by atoms with Gasteiger partial charge in [0.15, 0.2) is 5.65 Å². The van der Waals surface area contributed by atoms with E-state index in [1.807, 2.05) is 11.9 Å². The van der Waals surface area contributed by atoms with Crippen LogP contribution in [0.15, 0.2) is 12.5 Å². The number of anilines is 1. The average molecular weight is 345 g/mol. The van der Waals surface area contributed by atoms with Crippen LogP contribution in [-0.4, -0.2) is 75.5 Å². The lowest BCUT2D eigenvalue weighted by atomic mass is 10.1. The second-order valence-electron chi connectivity index (χ2n) is 6.57. The van der Waals surface area contributed by atoms with Crippen molar-refractivity contribution in [3.63, 3.8) is 0 Å². The van der Waals surface area contributed by atoms with Gasteiger partial charge in [0.25, 0.3) is 5.91 Å². The summed E-state index contributed by atoms with van der Waals surface area (Å²) in [6.45, 7) is 3.28. The van der Waals surface area contributed by atoms with Gasteiger partial charge in [0.1, 0.15) is 18.2 Å². The van der Waals surface area contributed by atoms with Crippen LogP contribution in [0.3, 0.4) is 0 Å². The van der Waals surface area contributed by atoms with Crippen molar-refractivity contribution in [3.05, 3.63) is 12.5 Å². The summed E-state index contributed by atoms with van der Waals surface area (Å²) in [6, 6.07) is 0. The topological polar surface area (TPSA) is 102 Å². The number of aromatic nitrogens is 4. The van der Waals surface area contributed by atoms with E-state index in [4.69, 9.17) is 10.5 Å². The number of fused-ring (bicyclic) bond motifs is 1. The van der Waals surface area contributed by atoms with Gasteiger partial charge in [-0.05, 0) is 12.8 Å². The first-order valence-corrected chi connectivity index (χ1v) is 8.69. The summed E-state index contributed by atoms with van der Waals surface area (Å²) in [5, 5.41) is 5.20. The lowest BCUT2D eigenvalue weighted by Gasteiger charge is -2.36. The number of piperazine rings is 1. The monoisotopic (exact) mass is 345 g/mol. The van der Waals surface area contributed by atoms with E-state index in [1.54, 1.807) is 17.2 Å². The predicted octanol–water partition coefficient (Wildman–Crippen LogP) is -0.482. The quantitative estimate of drug-likeness (QED) is 0.801. The Hall–Kier alpha value is -2.26. The van der Waals surface area contributed by atoms with Crippen molar-refractivity contribution >= 4 is 22.8 Å². The summed E-state index contributed by atoms with van der Waals surface area (Å²) in [4.78, 5) is 25.4. The maximum Gasteiger partial charge on any atom is 0.251 e. The molecule has 2 aromatic heterocycles. The molecule has 25 heavy (non-hydrogen) atoms. The first kappa shape index (κ1) is 16.2. The van der Waals surface area contributed by atoms with Gasteiger partial charge in [0.2, 0.25) is 0 Å². The molecule has 134 valence electrons. The number of rotatable bonds is 3. The van der Waals surface area contributed by atoms with E-state index in [2.05, 4.69) is 20.0 Å². The zero-order chi connectivity index (χ0) is 17.4. The SMILES string of the molecule is Cn1ncc2c(N3CCN(C(=O)[C@@H]4CC[C@H](CN)O4)CC3)ncnc21. The van der Waals surface area contributed by atoms with E-state index in [9.17, 15) is 4.79 Å². The minimum atomic E-state index is -0.329. The number of aryl methyl sites for hydroxylation is 1. The van der Waals surface area contributed by atoms with Gasteiger partial charge in [-0.15, -0.1) is 0 Å². The smallest absolute Gasteiger partial charge is 0.251 e. The largest absolute Gasteiger partial charge is 0.364 e. The Balaban J connectivity index is 1.42. The molecular formula is C16H23N7O2. The molecule has 4 heterocycles. The molecule has 0 unspecified atom stereocenters. The third-order valence-electron chi connectivity index (χ3n) is 5.05. The number of carbonyl (C=O) groups excluding carboxylic acids is 1. The van der Waals surface area contributed by atoms with Crippen LogP contribution < -0.4 is 10.6 Å². The summed E-state index contributed by atoms with van der Waals surface area (Å²) in [7, 11) is 1.87. The number of carbonyl (C=O) groups is 1. The van der Waals surface area contributed by atoms with Crippen LogP contribution in [0.4, 0.5) is 5.82 Å². The Morgan fingerprint density at radius 1 is 1.28 bits per heavy atom. The van der Waals surface area contributed by atoms with Crippen LogP contribution in [0.2, 0.25) is 0 Å². The molecule has 2 saturated heterocycles. The maximum atomic E-state index is 12.6. The maximum absolute atomic E-state index is 12.6. The average Bonchev–Trinajstić information content (AvgIpc) is 3.28. The molecule has 1 amide bonds. The van der Waals surface area contributed by atoms with E-state index >= 15 is 0 Å². The zero-order valence-electron chi connectivity index (χ0n) is 14.3. The first-order valence-electron chi connectivity index (χ1n) is 8.69. The predicted molar refractivity (Wildman–Crippen MR) is 92.0 cm³/mol. The number of nitrogens with two attached hydrogens (primary N) is 1. The van der Waals surface area contributed by atoms with Crippen molar-refractivity contribution < 1.29 is 9.53 Å². The third-order valence-corrected chi connectivity index (χ3v) is 5.05. The normalized spacial score (nSPS) is 24.2. The van der Waals surface area contributed by atoms with Crippen LogP contribution in [0.5, 0.6) is 0 Å². The molecule has 0 bridgehead atoms. The highest BCUT2D eigenvalue weighted by molar-refractivity contribution is 5.87. The van der Waals surface area contributed by atoms with Crippen LogP contribution in [-0.2, 0) is 16.6 Å². The van der Waals surface area contributed by atoms with Crippen LogP contribution in [0.1, 0.15) is 12.8 Å². The summed E-state index contributed by atoms with van der Waals surface area (Å²) in [5.74, 6) is 0.968. The van der Waals surface area contributed by atoms with Crippen molar-refractivity contribution in [2.45, 2.75) is 25.0 Å². The van der Waals surface area contributed by atoms with Crippen molar-refractivity contribution in [1.82, 2.24) is 24.6 Å². The Labute approximate surface area is 145 Å². The fourth-order valence-corrected chi connectivity index (χ4v) is 3.60. The van der Waals surface area contributed by atoms with Gasteiger partial charge in [-0.3, -0.25) is 9.48 Å². The van der Waals surface area contributed by atoms with E-state index in [-0.39, 0.29) is 18.1 Å². The summed E-state index contributed by atoms with van der Waals surface area (Å²) >= 11 is 0. The second kappa shape index (κ2) is 6.57. The van der Waals surface area contributed by atoms with Gasteiger partial charge < -0.3 is 20.3 Å². The van der Waals surface area contributed by atoms with Crippen molar-refractivity contribution in [2.24, 2.45) is 12.8 Å². The van der Waals surface area contributed by atoms with E-state index in [1.165, 1.54) is 0 Å². The minimum absolute atomic E-state index is 0.0233. The molecule has 0 radical (unpaired) electrons. The van der Waals surface area contributed by atoms with Gasteiger partial charge in [0.05, 0.1) is 17.7 Å². The Kier molecular flexibility index (Phi) is 4.26. The van der Waals surface area contributed by atoms with Crippen LogP contribution >= 0.6 is 0 Å². The Morgan fingerprint density at radius 3 is 2.80 bits per heavy atom. The molecule has 2 atom stereocenters. The zero-order valence-corrected chi connectivity index (χ0v) is 14.3. The number of hydrogen-bond donors (Lipinski definition) is 1. The summed E-state index contributed by atoms with van der Waals surface area (Å²) in [6.07, 6.45) is 4.69. The molecule has 2 aromatic rings. The molecule has 0 aromatic carbocycles. The number of hydrogen-bond acceptors (Lipinski definition) is 7. The fourth-order valence-electron chi connectivity index (χ4n) is 3.60. The standard InChI is InChI=1S/C16H23N7O2/c1-21-14-12(9-20-21)15(19-10-18-14)22-4-6-23(7-5-22)16(24)13-3-2-11(8-17)25-13/h9-11,13H,2-8,17H2,1H3/t11-,13+/m1/s1. The highest BCUT2D eigenvalue weighted by Crippen LogP contribution is 2.25. The summed E-state index contributed by atoms with van der Waals surface area (Å²) < 4.78 is 7.48. The Bertz CT molecular complexity index is 769. The van der Waals surface area contributed by atoms with Crippen LogP contribution in [0, 0.1) is 0 Å². The highest BCUT2D eigenvalue weighted by Gasteiger charge is 2.34. The lowest BCUT2D eigenvalue weighted by molar-refractivity contribution is -0.143. The fraction of sp³-hybridized carbons (Fsp3) is 0.625. The van der Waals surface area contributed by atoms with Crippen molar-refractivity contribution in [2.75, 3.05) is 37.6 Å². The molecule has 9 heteroatoms. The third kappa shape index (κ3) is 2.93. The highest BCUT2D eigenvalue weighted by atomic mass is 16.5. The van der Waals surface area contributed by atoms with Gasteiger partial charge in [-0.1, -0.05) is 0 Å². The van der Waals surface area contributed by atoms with Gasteiger partial charge in [0, 0.05) is 39.8 Å². The second-order valence-corrected chi connectivity index (χ2v) is 6.57. The molecule has 2 aliphatic heterocycles. The van der Waals surface area contributed by atoms with E-state index in [0.717, 1.165) is 42.8 Å². The molecule has 0 saturated carbocycles. The molecule has 9 nitrogen and oxygen atoms in total. The molecule has 2 aliphatic rings. The van der Waals surface area contributed by atoms with Crippen molar-refractivity contribution in [1.29, 1.82) is 0 Å². The number of amides is 1. The van der Waals surface area contributed by atoms with Crippen molar-refractivity contribution in [3.8, 4) is 0 Å². The molecule has 0 aliphatic carbocycles. The van der Waals surface area contributed by atoms with E-state index < -0.39 is 0 Å². The first-order chi connectivity index (χ1) is 12.2. The van der Waals surface area contributed by atoms with Crippen LogP contribution in [0.25, 0.3) is 11.0 Å². The number of ether oxygens (including phenoxy) is 1. The van der Waals surface area contributed by atoms with Gasteiger partial charge in [-0.2, -0.15) is 5.10 Å². The number of nitrogens with zero attached hydrogens (tertiary/aromatic N) is 6. The lowest BCUT2D eigenvalue weighted by Crippen LogP contribution is -2.51. The molecule has 2 fully saturated rings. The van der Waals surface area contributed by atoms with Gasteiger partial charge in [-0.25, -0.2) is 9.97 Å². The molecule has 4 rings (SSSR count). The molecule has 2 N–H and O–H groups in total. The molecular weight excluding hydrogens is 322 g/mol. The minimum Gasteiger partial charge on any atom is -0.364 e. The van der Waals surface area contributed by atoms with E-state index in [0.29, 0.717) is 19.6 Å². The molecule has 0 spiro atoms. The Morgan fingerprint density at radius 2 is 2.08 bits per heavy atom. The van der Waals surface area contributed by atoms with Gasteiger partial charge >= 0.3 is 0 Å².